The van der Waals surface area contributed by atoms with Crippen molar-refractivity contribution < 1.29 is 4.42 Å². The molecule has 3 rings (SSSR count). The van der Waals surface area contributed by atoms with E-state index in [0.717, 1.165) is 5.76 Å². The summed E-state index contributed by atoms with van der Waals surface area (Å²) in [5.74, 6) is 2.53. The molecule has 10 nitrogen and oxygen atoms in total. The highest BCUT2D eigenvalue weighted by Gasteiger charge is 2.12. The van der Waals surface area contributed by atoms with Gasteiger partial charge >= 0.3 is 0 Å². The van der Waals surface area contributed by atoms with E-state index in [1.165, 1.54) is 11.8 Å². The Balaban J connectivity index is 1.70. The smallest absolute Gasteiger partial charge is 0.229 e. The molecule has 0 spiro atoms. The summed E-state index contributed by atoms with van der Waals surface area (Å²) < 4.78 is 6.96. The van der Waals surface area contributed by atoms with Crippen molar-refractivity contribution in [2.75, 3.05) is 24.7 Å². The Morgan fingerprint density at radius 2 is 2.17 bits per heavy atom. The van der Waals surface area contributed by atoms with Crippen LogP contribution in [0.2, 0.25) is 0 Å². The molecule has 0 bridgehead atoms. The predicted octanol–water partition coefficient (Wildman–Crippen LogP) is 0.440. The Morgan fingerprint density at radius 1 is 1.30 bits per heavy atom. The van der Waals surface area contributed by atoms with Crippen LogP contribution in [0.1, 0.15) is 11.6 Å². The Labute approximate surface area is 136 Å². The summed E-state index contributed by atoms with van der Waals surface area (Å²) in [5, 5.41) is 12.3. The van der Waals surface area contributed by atoms with Gasteiger partial charge in [0.15, 0.2) is 0 Å². The molecule has 0 aromatic carbocycles. The van der Waals surface area contributed by atoms with Crippen LogP contribution in [0, 0.1) is 0 Å². The van der Waals surface area contributed by atoms with Crippen LogP contribution in [-0.2, 0) is 12.3 Å². The van der Waals surface area contributed by atoms with Crippen LogP contribution in [0.5, 0.6) is 0 Å². The second-order valence-corrected chi connectivity index (χ2v) is 5.73. The summed E-state index contributed by atoms with van der Waals surface area (Å²) in [6.45, 7) is 0.463. The van der Waals surface area contributed by atoms with Crippen LogP contribution >= 0.6 is 11.8 Å². The summed E-state index contributed by atoms with van der Waals surface area (Å²) in [5.41, 5.74) is 5.71. The number of hydrogen-bond donors (Lipinski definition) is 1. The molecule has 0 aliphatic rings. The zero-order valence-corrected chi connectivity index (χ0v) is 13.4. The molecule has 2 N–H and O–H groups in total. The molecule has 11 heteroatoms. The lowest BCUT2D eigenvalue weighted by Gasteiger charge is -2.11. The van der Waals surface area contributed by atoms with Crippen molar-refractivity contribution >= 4 is 23.7 Å². The number of nitrogens with zero attached hydrogens (tertiary/aromatic N) is 8. The van der Waals surface area contributed by atoms with Crippen LogP contribution in [0.4, 0.5) is 11.9 Å². The van der Waals surface area contributed by atoms with Gasteiger partial charge in [-0.25, -0.2) is 4.68 Å². The maximum Gasteiger partial charge on any atom is 0.229 e. The minimum Gasteiger partial charge on any atom is -0.467 e. The van der Waals surface area contributed by atoms with Gasteiger partial charge in [-0.2, -0.15) is 15.0 Å². The van der Waals surface area contributed by atoms with Gasteiger partial charge in [0, 0.05) is 14.1 Å². The molecule has 3 aromatic heterocycles. The molecular weight excluding hydrogens is 318 g/mol. The first-order valence-corrected chi connectivity index (χ1v) is 7.69. The van der Waals surface area contributed by atoms with Crippen molar-refractivity contribution in [1.29, 1.82) is 0 Å². The summed E-state index contributed by atoms with van der Waals surface area (Å²) in [6, 6.07) is 3.69. The van der Waals surface area contributed by atoms with Crippen molar-refractivity contribution in [2.24, 2.45) is 0 Å². The maximum absolute atomic E-state index is 5.71. The van der Waals surface area contributed by atoms with Crippen molar-refractivity contribution in [1.82, 2.24) is 35.2 Å². The average Bonchev–Trinajstić information content (AvgIpc) is 3.17. The van der Waals surface area contributed by atoms with Gasteiger partial charge in [-0.15, -0.1) is 5.10 Å². The van der Waals surface area contributed by atoms with E-state index < -0.39 is 0 Å². The predicted molar refractivity (Wildman–Crippen MR) is 83.8 cm³/mol. The minimum absolute atomic E-state index is 0.189. The third kappa shape index (κ3) is 3.74. The minimum atomic E-state index is 0.189. The Kier molecular flexibility index (Phi) is 4.37. The van der Waals surface area contributed by atoms with Gasteiger partial charge in [0.2, 0.25) is 17.1 Å². The van der Waals surface area contributed by atoms with Gasteiger partial charge in [0.05, 0.1) is 12.0 Å². The van der Waals surface area contributed by atoms with Gasteiger partial charge in [-0.05, 0) is 22.6 Å². The first-order valence-electron chi connectivity index (χ1n) is 6.71. The fraction of sp³-hybridized carbons (Fsp3) is 0.333. The molecule has 0 aliphatic carbocycles. The van der Waals surface area contributed by atoms with Crippen LogP contribution in [-0.4, -0.2) is 49.3 Å². The first-order chi connectivity index (χ1) is 11.1. The molecule has 0 amide bonds. The number of nitrogens with two attached hydrogens (primary N) is 1. The maximum atomic E-state index is 5.71. The quantitative estimate of drug-likeness (QED) is 0.635. The summed E-state index contributed by atoms with van der Waals surface area (Å²) in [7, 11) is 3.69. The van der Waals surface area contributed by atoms with Gasteiger partial charge in [-0.1, -0.05) is 11.8 Å². The standard InChI is InChI=1S/C12H15N9OS/c1-20(2)11-15-9(14-10(13)16-11)7-23-12-17-18-19-21(12)6-8-4-3-5-22-8/h3-5H,6-7H2,1-2H3,(H2,13,14,15,16). The van der Waals surface area contributed by atoms with E-state index in [0.29, 0.717) is 29.2 Å². The van der Waals surface area contributed by atoms with Crippen molar-refractivity contribution in [2.45, 2.75) is 17.5 Å². The van der Waals surface area contributed by atoms with Gasteiger partial charge < -0.3 is 15.1 Å². The molecular formula is C12H15N9OS. The van der Waals surface area contributed by atoms with E-state index in [1.807, 2.05) is 26.2 Å². The van der Waals surface area contributed by atoms with Crippen LogP contribution in [0.25, 0.3) is 0 Å². The lowest BCUT2D eigenvalue weighted by molar-refractivity contribution is 0.462. The molecule has 0 unspecified atom stereocenters. The van der Waals surface area contributed by atoms with E-state index >= 15 is 0 Å². The first kappa shape index (κ1) is 15.2. The average molecular weight is 333 g/mol. The highest BCUT2D eigenvalue weighted by Crippen LogP contribution is 2.20. The molecule has 0 atom stereocenters. The molecule has 0 radical (unpaired) electrons. The number of tetrazole rings is 1. The van der Waals surface area contributed by atoms with E-state index in [1.54, 1.807) is 15.8 Å². The number of rotatable bonds is 6. The molecule has 0 saturated carbocycles. The van der Waals surface area contributed by atoms with Gasteiger partial charge in [0.1, 0.15) is 18.1 Å². The normalized spacial score (nSPS) is 10.9. The van der Waals surface area contributed by atoms with Crippen LogP contribution in [0.15, 0.2) is 28.0 Å². The second kappa shape index (κ2) is 6.60. The number of anilines is 2. The van der Waals surface area contributed by atoms with Crippen molar-refractivity contribution in [3.63, 3.8) is 0 Å². The lowest BCUT2D eigenvalue weighted by atomic mass is 10.4. The molecule has 0 saturated heterocycles. The lowest BCUT2D eigenvalue weighted by Crippen LogP contribution is -2.16. The molecule has 23 heavy (non-hydrogen) atoms. The highest BCUT2D eigenvalue weighted by molar-refractivity contribution is 7.98. The molecule has 0 fully saturated rings. The SMILES string of the molecule is CN(C)c1nc(N)nc(CSc2nnnn2Cc2ccco2)n1. The fourth-order valence-corrected chi connectivity index (χ4v) is 2.50. The van der Waals surface area contributed by atoms with Crippen molar-refractivity contribution in [3.05, 3.63) is 30.0 Å². The van der Waals surface area contributed by atoms with E-state index in [9.17, 15) is 0 Å². The fourth-order valence-electron chi connectivity index (χ4n) is 1.77. The monoisotopic (exact) mass is 333 g/mol. The summed E-state index contributed by atoms with van der Waals surface area (Å²) >= 11 is 1.42. The van der Waals surface area contributed by atoms with Gasteiger partial charge in [0.25, 0.3) is 0 Å². The second-order valence-electron chi connectivity index (χ2n) is 4.79. The number of aromatic nitrogens is 7. The summed E-state index contributed by atoms with van der Waals surface area (Å²) in [4.78, 5) is 14.3. The Hall–Kier alpha value is -2.69. The third-order valence-electron chi connectivity index (χ3n) is 2.80. The number of nitrogen functional groups attached to an aromatic ring is 1. The molecule has 0 aliphatic heterocycles. The number of thioether (sulfide) groups is 1. The zero-order valence-electron chi connectivity index (χ0n) is 12.6. The Morgan fingerprint density at radius 3 is 2.91 bits per heavy atom. The van der Waals surface area contributed by atoms with Crippen LogP contribution in [0.3, 0.4) is 0 Å². The van der Waals surface area contributed by atoms with Crippen molar-refractivity contribution in [3.8, 4) is 0 Å². The van der Waals surface area contributed by atoms with Gasteiger partial charge in [-0.3, -0.25) is 0 Å². The molecule has 120 valence electrons. The number of furan rings is 1. The zero-order chi connectivity index (χ0) is 16.2. The van der Waals surface area contributed by atoms with E-state index in [4.69, 9.17) is 10.2 Å². The third-order valence-corrected chi connectivity index (χ3v) is 3.76. The van der Waals surface area contributed by atoms with E-state index in [2.05, 4.69) is 30.5 Å². The summed E-state index contributed by atoms with van der Waals surface area (Å²) in [6.07, 6.45) is 1.61. The molecule has 3 aromatic rings. The highest BCUT2D eigenvalue weighted by atomic mass is 32.2. The van der Waals surface area contributed by atoms with E-state index in [-0.39, 0.29) is 5.95 Å². The number of hydrogen-bond acceptors (Lipinski definition) is 10. The molecule has 3 heterocycles. The largest absolute Gasteiger partial charge is 0.467 e. The topological polar surface area (TPSA) is 125 Å². The van der Waals surface area contributed by atoms with Crippen LogP contribution < -0.4 is 10.6 Å². The Bertz CT molecular complexity index is 771.